The fourth-order valence-electron chi connectivity index (χ4n) is 1.35. The summed E-state index contributed by atoms with van der Waals surface area (Å²) >= 11 is 0. The number of benzene rings is 1. The highest BCUT2D eigenvalue weighted by atomic mass is 19.4. The first-order valence-electron chi connectivity index (χ1n) is 4.78. The maximum atomic E-state index is 12.5. The van der Waals surface area contributed by atoms with Crippen LogP contribution in [0.1, 0.15) is 18.1 Å². The molecule has 0 aliphatic rings. The molecule has 0 nitrogen and oxygen atoms in total. The van der Waals surface area contributed by atoms with Crippen molar-refractivity contribution in [3.05, 3.63) is 60.7 Å². The zero-order valence-electron chi connectivity index (χ0n) is 9.01. The summed E-state index contributed by atoms with van der Waals surface area (Å²) in [5.74, 6) is 0. The minimum Gasteiger partial charge on any atom is -0.166 e. The number of halogens is 3. The highest BCUT2D eigenvalue weighted by Gasteiger charge is 2.31. The number of hydrogen-bond acceptors (Lipinski definition) is 0. The Kier molecular flexibility index (Phi) is 3.27. The average Bonchev–Trinajstić information content (AvgIpc) is 2.27. The lowest BCUT2D eigenvalue weighted by molar-refractivity contribution is -0.137. The predicted octanol–water partition coefficient (Wildman–Crippen LogP) is 4.34. The summed E-state index contributed by atoms with van der Waals surface area (Å²) in [7, 11) is 0. The summed E-state index contributed by atoms with van der Waals surface area (Å²) in [5, 5.41) is 0. The van der Waals surface area contributed by atoms with Crippen LogP contribution in [-0.4, -0.2) is 0 Å². The fourth-order valence-corrected chi connectivity index (χ4v) is 1.35. The van der Waals surface area contributed by atoms with Crippen LogP contribution in [0.25, 0.3) is 0 Å². The van der Waals surface area contributed by atoms with Gasteiger partial charge in [-0.1, -0.05) is 30.4 Å². The highest BCUT2D eigenvalue weighted by molar-refractivity contribution is 5.37. The zero-order chi connectivity index (χ0) is 12.4. The molecule has 0 aliphatic heterocycles. The van der Waals surface area contributed by atoms with E-state index in [1.807, 2.05) is 0 Å². The van der Waals surface area contributed by atoms with Crippen LogP contribution in [0.15, 0.2) is 49.6 Å². The van der Waals surface area contributed by atoms with E-state index in [9.17, 15) is 13.2 Å². The van der Waals surface area contributed by atoms with Crippen LogP contribution < -0.4 is 0 Å². The first-order chi connectivity index (χ1) is 7.33. The lowest BCUT2D eigenvalue weighted by Crippen LogP contribution is -2.16. The zero-order valence-corrected chi connectivity index (χ0v) is 9.01. The molecule has 0 aromatic heterocycles. The SMILES string of the molecule is C=CC(C)(C=C)c1cccc(C(F)(F)F)c1. The first kappa shape index (κ1) is 12.6. The molecule has 0 amide bonds. The molecule has 0 spiro atoms. The van der Waals surface area contributed by atoms with E-state index < -0.39 is 17.2 Å². The van der Waals surface area contributed by atoms with Crippen molar-refractivity contribution in [1.29, 1.82) is 0 Å². The molecule has 16 heavy (non-hydrogen) atoms. The largest absolute Gasteiger partial charge is 0.416 e. The van der Waals surface area contributed by atoms with E-state index in [1.54, 1.807) is 25.1 Å². The Morgan fingerprint density at radius 3 is 2.00 bits per heavy atom. The van der Waals surface area contributed by atoms with Gasteiger partial charge in [-0.2, -0.15) is 13.2 Å². The van der Waals surface area contributed by atoms with Gasteiger partial charge in [-0.15, -0.1) is 13.2 Å². The third-order valence-corrected chi connectivity index (χ3v) is 2.66. The van der Waals surface area contributed by atoms with Gasteiger partial charge in [0, 0.05) is 5.41 Å². The Balaban J connectivity index is 3.27. The summed E-state index contributed by atoms with van der Waals surface area (Å²) in [4.78, 5) is 0. The van der Waals surface area contributed by atoms with E-state index in [2.05, 4.69) is 13.2 Å². The van der Waals surface area contributed by atoms with Crippen LogP contribution in [-0.2, 0) is 11.6 Å². The predicted molar refractivity (Wildman–Crippen MR) is 59.2 cm³/mol. The summed E-state index contributed by atoms with van der Waals surface area (Å²) in [5.41, 5.74) is -0.756. The Labute approximate surface area is 93.1 Å². The Morgan fingerprint density at radius 2 is 1.56 bits per heavy atom. The van der Waals surface area contributed by atoms with Gasteiger partial charge in [-0.3, -0.25) is 0 Å². The van der Waals surface area contributed by atoms with Gasteiger partial charge in [-0.25, -0.2) is 0 Å². The Hall–Kier alpha value is -1.51. The van der Waals surface area contributed by atoms with E-state index in [1.165, 1.54) is 6.07 Å². The van der Waals surface area contributed by atoms with Crippen LogP contribution in [0.3, 0.4) is 0 Å². The average molecular weight is 226 g/mol. The second kappa shape index (κ2) is 4.16. The molecule has 1 aromatic rings. The van der Waals surface area contributed by atoms with E-state index in [-0.39, 0.29) is 0 Å². The van der Waals surface area contributed by atoms with E-state index in [0.717, 1.165) is 12.1 Å². The van der Waals surface area contributed by atoms with Crippen molar-refractivity contribution in [2.75, 3.05) is 0 Å². The van der Waals surface area contributed by atoms with E-state index in [4.69, 9.17) is 0 Å². The molecule has 0 radical (unpaired) electrons. The standard InChI is InChI=1S/C13H13F3/c1-4-12(3,5-2)10-7-6-8-11(9-10)13(14,15)16/h4-9H,1-2H2,3H3. The van der Waals surface area contributed by atoms with Crippen LogP contribution in [0.4, 0.5) is 13.2 Å². The molecule has 1 rings (SSSR count). The van der Waals surface area contributed by atoms with Crippen molar-refractivity contribution in [2.45, 2.75) is 18.5 Å². The summed E-state index contributed by atoms with van der Waals surface area (Å²) in [6.45, 7) is 9.01. The third-order valence-electron chi connectivity index (χ3n) is 2.66. The monoisotopic (exact) mass is 226 g/mol. The van der Waals surface area contributed by atoms with Crippen LogP contribution in [0.5, 0.6) is 0 Å². The molecule has 0 heterocycles. The molecule has 3 heteroatoms. The van der Waals surface area contributed by atoms with Crippen molar-refractivity contribution in [1.82, 2.24) is 0 Å². The van der Waals surface area contributed by atoms with Gasteiger partial charge in [0.1, 0.15) is 0 Å². The number of alkyl halides is 3. The number of hydrogen-bond donors (Lipinski definition) is 0. The second-order valence-electron chi connectivity index (χ2n) is 3.77. The Bertz CT molecular complexity index is 394. The van der Waals surface area contributed by atoms with Crippen molar-refractivity contribution in [2.24, 2.45) is 0 Å². The molecule has 0 atom stereocenters. The second-order valence-corrected chi connectivity index (χ2v) is 3.77. The molecule has 0 saturated heterocycles. The topological polar surface area (TPSA) is 0 Å². The van der Waals surface area contributed by atoms with Crippen molar-refractivity contribution in [3.63, 3.8) is 0 Å². The molecular weight excluding hydrogens is 213 g/mol. The van der Waals surface area contributed by atoms with E-state index >= 15 is 0 Å². The smallest absolute Gasteiger partial charge is 0.166 e. The lowest BCUT2D eigenvalue weighted by atomic mass is 9.82. The van der Waals surface area contributed by atoms with Crippen LogP contribution >= 0.6 is 0 Å². The third kappa shape index (κ3) is 2.35. The van der Waals surface area contributed by atoms with Gasteiger partial charge in [-0.05, 0) is 18.6 Å². The highest BCUT2D eigenvalue weighted by Crippen LogP contribution is 2.33. The Morgan fingerprint density at radius 1 is 1.06 bits per heavy atom. The fraction of sp³-hybridized carbons (Fsp3) is 0.231. The van der Waals surface area contributed by atoms with Gasteiger partial charge in [0.2, 0.25) is 0 Å². The lowest BCUT2D eigenvalue weighted by Gasteiger charge is -2.22. The molecule has 0 aliphatic carbocycles. The van der Waals surface area contributed by atoms with Gasteiger partial charge in [0.05, 0.1) is 5.56 Å². The van der Waals surface area contributed by atoms with Crippen LogP contribution in [0.2, 0.25) is 0 Å². The minimum absolute atomic E-state index is 0.535. The molecule has 0 N–H and O–H groups in total. The number of rotatable bonds is 3. The molecule has 1 aromatic carbocycles. The molecule has 0 fully saturated rings. The van der Waals surface area contributed by atoms with Gasteiger partial charge >= 0.3 is 6.18 Å². The molecular formula is C13H13F3. The maximum absolute atomic E-state index is 12.5. The molecule has 0 bridgehead atoms. The van der Waals surface area contributed by atoms with E-state index in [0.29, 0.717) is 5.56 Å². The molecule has 0 saturated carbocycles. The van der Waals surface area contributed by atoms with Crippen molar-refractivity contribution >= 4 is 0 Å². The first-order valence-corrected chi connectivity index (χ1v) is 4.78. The summed E-state index contributed by atoms with van der Waals surface area (Å²) < 4.78 is 37.5. The quantitative estimate of drug-likeness (QED) is 0.673. The van der Waals surface area contributed by atoms with Crippen molar-refractivity contribution in [3.8, 4) is 0 Å². The van der Waals surface area contributed by atoms with Gasteiger partial charge < -0.3 is 0 Å². The number of allylic oxidation sites excluding steroid dienone is 2. The van der Waals surface area contributed by atoms with Crippen LogP contribution in [0, 0.1) is 0 Å². The normalized spacial score (nSPS) is 12.2. The molecule has 0 unspecified atom stereocenters. The minimum atomic E-state index is -4.32. The summed E-state index contributed by atoms with van der Waals surface area (Å²) in [6, 6.07) is 5.21. The van der Waals surface area contributed by atoms with Gasteiger partial charge in [0.25, 0.3) is 0 Å². The maximum Gasteiger partial charge on any atom is 0.416 e. The van der Waals surface area contributed by atoms with Crippen molar-refractivity contribution < 1.29 is 13.2 Å². The van der Waals surface area contributed by atoms with Gasteiger partial charge in [0.15, 0.2) is 0 Å². The molecule has 86 valence electrons. The summed E-state index contributed by atoms with van der Waals surface area (Å²) in [6.07, 6.45) is -1.16.